The Morgan fingerprint density at radius 1 is 0.925 bits per heavy atom. The second kappa shape index (κ2) is 18.1. The van der Waals surface area contributed by atoms with E-state index in [2.05, 4.69) is 86.5 Å². The number of nitrogens with two attached hydrogens (primary N) is 1. The van der Waals surface area contributed by atoms with Crippen LogP contribution in [0.1, 0.15) is 114 Å². The van der Waals surface area contributed by atoms with Gasteiger partial charge in [-0.15, -0.1) is 0 Å². The first-order valence-corrected chi connectivity index (χ1v) is 23.1. The monoisotopic (exact) mass is 741 g/mol. The number of hydrogen-bond acceptors (Lipinski definition) is 6. The molecule has 0 spiro atoms. The first kappa shape index (κ1) is 41.2. The highest BCUT2D eigenvalue weighted by molar-refractivity contribution is 6.74. The molecule has 0 bridgehead atoms. The number of carbonyl (C=O) groups excluding carboxylic acids is 1. The van der Waals surface area contributed by atoms with Crippen LogP contribution < -0.4 is 15.8 Å². The number of ether oxygens (including phenoxy) is 2. The maximum atomic E-state index is 13.4. The Balaban J connectivity index is 1.02. The summed E-state index contributed by atoms with van der Waals surface area (Å²) < 4.78 is 19.0. The number of fused-ring (bicyclic) bond motifs is 1. The summed E-state index contributed by atoms with van der Waals surface area (Å²) in [5.41, 5.74) is 9.77. The molecule has 1 fully saturated rings. The van der Waals surface area contributed by atoms with Crippen molar-refractivity contribution < 1.29 is 18.7 Å². The normalized spacial score (nSPS) is 18.4. The molecule has 2 aliphatic rings. The van der Waals surface area contributed by atoms with E-state index >= 15 is 0 Å². The number of likely N-dealkylation sites (tertiary alicyclic amines) is 1. The fourth-order valence-corrected chi connectivity index (χ4v) is 9.22. The van der Waals surface area contributed by atoms with Crippen LogP contribution in [-0.2, 0) is 26.0 Å². The summed E-state index contributed by atoms with van der Waals surface area (Å²) >= 11 is 0. The number of amides is 1. The Morgan fingerprint density at radius 3 is 2.13 bits per heavy atom. The fraction of sp³-hybridized carbons (Fsp3) is 0.578. The number of rotatable bonds is 19. The molecule has 0 radical (unpaired) electrons. The molecule has 0 aliphatic carbocycles. The van der Waals surface area contributed by atoms with Crippen LogP contribution in [-0.4, -0.2) is 57.6 Å². The highest BCUT2D eigenvalue weighted by Crippen LogP contribution is 2.44. The lowest BCUT2D eigenvalue weighted by atomic mass is 9.64. The third kappa shape index (κ3) is 10.4. The van der Waals surface area contributed by atoms with Gasteiger partial charge in [-0.1, -0.05) is 120 Å². The van der Waals surface area contributed by atoms with Gasteiger partial charge in [0.05, 0.1) is 12.7 Å². The molecular formula is C45H67N3O4Si. The zero-order valence-electron chi connectivity index (χ0n) is 33.7. The van der Waals surface area contributed by atoms with Gasteiger partial charge in [-0.3, -0.25) is 4.79 Å². The highest BCUT2D eigenvalue weighted by Gasteiger charge is 2.49. The van der Waals surface area contributed by atoms with E-state index in [1.807, 2.05) is 50.2 Å². The molecule has 53 heavy (non-hydrogen) atoms. The Morgan fingerprint density at radius 2 is 1.53 bits per heavy atom. The molecule has 1 saturated heterocycles. The molecule has 7 nitrogen and oxygen atoms in total. The summed E-state index contributed by atoms with van der Waals surface area (Å²) in [5, 5.41) is 3.87. The Bertz CT molecular complexity index is 1550. The molecule has 0 aromatic heterocycles. The van der Waals surface area contributed by atoms with E-state index in [1.165, 1.54) is 50.5 Å². The van der Waals surface area contributed by atoms with E-state index in [9.17, 15) is 4.79 Å². The van der Waals surface area contributed by atoms with Crippen LogP contribution in [0.3, 0.4) is 0 Å². The van der Waals surface area contributed by atoms with E-state index in [0.717, 1.165) is 61.6 Å². The maximum Gasteiger partial charge on any atom is 0.232 e. The van der Waals surface area contributed by atoms with Crippen molar-refractivity contribution in [1.29, 1.82) is 0 Å². The predicted octanol–water partition coefficient (Wildman–Crippen LogP) is 9.51. The Labute approximate surface area is 321 Å². The van der Waals surface area contributed by atoms with Crippen LogP contribution in [0.5, 0.6) is 5.75 Å². The average Bonchev–Trinajstić information content (AvgIpc) is 3.59. The highest BCUT2D eigenvalue weighted by atomic mass is 28.4. The van der Waals surface area contributed by atoms with Crippen molar-refractivity contribution >= 4 is 14.2 Å². The third-order valence-electron chi connectivity index (χ3n) is 12.0. The van der Waals surface area contributed by atoms with Gasteiger partial charge >= 0.3 is 0 Å². The first-order valence-electron chi connectivity index (χ1n) is 20.2. The van der Waals surface area contributed by atoms with E-state index in [1.54, 1.807) is 0 Å². The van der Waals surface area contributed by atoms with Gasteiger partial charge in [-0.2, -0.15) is 0 Å². The van der Waals surface area contributed by atoms with Crippen molar-refractivity contribution in [2.24, 2.45) is 11.7 Å². The maximum absolute atomic E-state index is 13.4. The van der Waals surface area contributed by atoms with E-state index in [0.29, 0.717) is 6.61 Å². The summed E-state index contributed by atoms with van der Waals surface area (Å²) in [6.45, 7) is 20.8. The summed E-state index contributed by atoms with van der Waals surface area (Å²) in [7, 11) is -1.98. The van der Waals surface area contributed by atoms with Gasteiger partial charge in [-0.25, -0.2) is 0 Å². The molecule has 2 atom stereocenters. The zero-order chi connectivity index (χ0) is 38.1. The van der Waals surface area contributed by atoms with Gasteiger partial charge in [0.2, 0.25) is 11.7 Å². The molecule has 2 unspecified atom stereocenters. The molecule has 3 N–H and O–H groups in total. The number of benzene rings is 3. The third-order valence-corrected chi connectivity index (χ3v) is 16.5. The molecular weight excluding hydrogens is 675 g/mol. The van der Waals surface area contributed by atoms with Gasteiger partial charge in [-0.05, 0) is 91.8 Å². The van der Waals surface area contributed by atoms with Crippen LogP contribution >= 0.6 is 0 Å². The van der Waals surface area contributed by atoms with E-state index in [4.69, 9.17) is 19.6 Å². The summed E-state index contributed by atoms with van der Waals surface area (Å²) in [6.07, 6.45) is 9.65. The van der Waals surface area contributed by atoms with Crippen LogP contribution in [0.2, 0.25) is 18.1 Å². The second-order valence-corrected chi connectivity index (χ2v) is 22.2. The zero-order valence-corrected chi connectivity index (χ0v) is 34.7. The van der Waals surface area contributed by atoms with Crippen molar-refractivity contribution in [2.75, 3.05) is 32.7 Å². The van der Waals surface area contributed by atoms with Crippen molar-refractivity contribution in [3.63, 3.8) is 0 Å². The number of hydrogen-bond donors (Lipinski definition) is 2. The quantitative estimate of drug-likeness (QED) is 0.0941. The minimum Gasteiger partial charge on any atom is -0.463 e. The van der Waals surface area contributed by atoms with E-state index < -0.39 is 19.5 Å². The lowest BCUT2D eigenvalue weighted by Gasteiger charge is -2.40. The molecule has 8 heteroatoms. The average molecular weight is 742 g/mol. The van der Waals surface area contributed by atoms with Crippen LogP contribution in [0, 0.1) is 5.92 Å². The number of carbonyl (C=O) groups is 1. The molecule has 1 amide bonds. The largest absolute Gasteiger partial charge is 0.463 e. The van der Waals surface area contributed by atoms with Gasteiger partial charge in [0.25, 0.3) is 0 Å². The molecule has 0 saturated carbocycles. The summed E-state index contributed by atoms with van der Waals surface area (Å²) in [6, 6.07) is 26.8. The SMILES string of the molecule is CC1(C)OCc2cc(C(CNCCCCCCCCCN3CCC(C(C(N)=O)(c4ccccc4)c4ccccc4)C3)O[Si](C)(C)C(C)(C)C)ccc2O1. The number of primary amides is 1. The lowest BCUT2D eigenvalue weighted by molar-refractivity contribution is -0.180. The molecule has 3 aromatic carbocycles. The topological polar surface area (TPSA) is 86.1 Å². The Kier molecular flexibility index (Phi) is 14.0. The van der Waals surface area contributed by atoms with Crippen molar-refractivity contribution in [1.82, 2.24) is 10.2 Å². The molecule has 2 aliphatic heterocycles. The Hall–Kier alpha value is -3.01. The minimum absolute atomic E-state index is 0.00842. The van der Waals surface area contributed by atoms with Gasteiger partial charge in [0.15, 0.2) is 8.32 Å². The standard InChI is InChI=1S/C45H67N3O4Si/c1-43(2,3)53(6,7)52-41(35-25-26-40-36(31-35)34-50-44(4,5)51-40)32-47-28-19-11-9-8-10-12-20-29-48-30-27-39(33-48)45(42(46)49,37-21-15-13-16-22-37)38-23-17-14-18-24-38/h13-18,21-26,31,39,41,47H,8-12,19-20,27-30,32-34H2,1-7H3,(H2,46,49). The van der Waals surface area contributed by atoms with Crippen molar-refractivity contribution in [3.8, 4) is 5.75 Å². The van der Waals surface area contributed by atoms with Gasteiger partial charge < -0.3 is 29.9 Å². The number of nitrogens with zero attached hydrogens (tertiary/aromatic N) is 1. The molecule has 290 valence electrons. The van der Waals surface area contributed by atoms with Crippen molar-refractivity contribution in [3.05, 3.63) is 101 Å². The predicted molar refractivity (Wildman–Crippen MR) is 220 cm³/mol. The number of unbranched alkanes of at least 4 members (excludes halogenated alkanes) is 6. The number of nitrogens with one attached hydrogen (secondary N) is 1. The first-order chi connectivity index (χ1) is 25.2. The smallest absolute Gasteiger partial charge is 0.232 e. The lowest BCUT2D eigenvalue weighted by Crippen LogP contribution is -2.49. The van der Waals surface area contributed by atoms with Crippen LogP contribution in [0.25, 0.3) is 0 Å². The van der Waals surface area contributed by atoms with Crippen LogP contribution in [0.15, 0.2) is 78.9 Å². The van der Waals surface area contributed by atoms with Crippen molar-refractivity contribution in [2.45, 2.75) is 128 Å². The summed E-state index contributed by atoms with van der Waals surface area (Å²) in [4.78, 5) is 15.9. The fourth-order valence-electron chi connectivity index (χ4n) is 7.94. The second-order valence-electron chi connectivity index (χ2n) is 17.4. The van der Waals surface area contributed by atoms with Gasteiger partial charge in [0, 0.05) is 32.5 Å². The summed E-state index contributed by atoms with van der Waals surface area (Å²) in [5.74, 6) is 0.213. The van der Waals surface area contributed by atoms with Crippen LogP contribution in [0.4, 0.5) is 0 Å². The molecule has 2 heterocycles. The van der Waals surface area contributed by atoms with Gasteiger partial charge in [0.1, 0.15) is 11.2 Å². The molecule has 5 rings (SSSR count). The molecule has 3 aromatic rings. The minimum atomic E-state index is -1.98. The van der Waals surface area contributed by atoms with E-state index in [-0.39, 0.29) is 23.0 Å².